The van der Waals surface area contributed by atoms with Crippen LogP contribution in [-0.4, -0.2) is 51.5 Å². The van der Waals surface area contributed by atoms with Crippen molar-refractivity contribution in [3.05, 3.63) is 83.4 Å². The molecule has 2 aromatic carbocycles. The van der Waals surface area contributed by atoms with E-state index in [1.165, 1.54) is 12.0 Å². The molecule has 0 aliphatic carbocycles. The average molecular weight is 476 g/mol. The van der Waals surface area contributed by atoms with Gasteiger partial charge in [0.25, 0.3) is 11.7 Å². The van der Waals surface area contributed by atoms with Crippen LogP contribution in [0.1, 0.15) is 36.1 Å². The first-order chi connectivity index (χ1) is 16.9. The number of ketones is 1. The fraction of sp³-hybridized carbons (Fsp3) is 0.296. The van der Waals surface area contributed by atoms with Crippen LogP contribution in [0.2, 0.25) is 0 Å². The van der Waals surface area contributed by atoms with Gasteiger partial charge in [-0.25, -0.2) is 4.98 Å². The van der Waals surface area contributed by atoms with Crippen LogP contribution < -0.4 is 9.47 Å². The lowest BCUT2D eigenvalue weighted by Gasteiger charge is -2.26. The molecule has 1 atom stereocenters. The second kappa shape index (κ2) is 10.5. The summed E-state index contributed by atoms with van der Waals surface area (Å²) in [6.45, 7) is 5.25. The summed E-state index contributed by atoms with van der Waals surface area (Å²) < 4.78 is 13.1. The largest absolute Gasteiger partial charge is 0.507 e. The molecule has 0 saturated carbocycles. The highest BCUT2D eigenvalue weighted by Gasteiger charge is 2.46. The summed E-state index contributed by atoms with van der Waals surface area (Å²) in [6, 6.07) is 11.7. The zero-order valence-corrected chi connectivity index (χ0v) is 20.1. The Bertz CT molecular complexity index is 1230. The van der Waals surface area contributed by atoms with Crippen molar-refractivity contribution in [2.75, 3.05) is 20.3 Å². The Hall–Kier alpha value is -4.07. The first-order valence-electron chi connectivity index (χ1n) is 11.6. The Morgan fingerprint density at radius 3 is 2.51 bits per heavy atom. The van der Waals surface area contributed by atoms with Crippen molar-refractivity contribution in [2.45, 2.75) is 32.9 Å². The van der Waals surface area contributed by atoms with Crippen LogP contribution in [0, 0.1) is 6.92 Å². The van der Waals surface area contributed by atoms with E-state index in [2.05, 4.69) is 4.98 Å². The third kappa shape index (κ3) is 4.91. The number of imidazole rings is 1. The van der Waals surface area contributed by atoms with Crippen LogP contribution in [0.3, 0.4) is 0 Å². The third-order valence-electron chi connectivity index (χ3n) is 6.04. The number of aliphatic hydroxyl groups is 1. The maximum absolute atomic E-state index is 13.2. The van der Waals surface area contributed by atoms with Crippen molar-refractivity contribution in [3.63, 3.8) is 0 Å². The van der Waals surface area contributed by atoms with Crippen molar-refractivity contribution < 1.29 is 24.2 Å². The highest BCUT2D eigenvalue weighted by molar-refractivity contribution is 6.46. The normalized spacial score (nSPS) is 17.1. The number of benzene rings is 2. The molecule has 3 aromatic rings. The standard InChI is InChI=1S/C27H29N3O5/c1-4-35-21-11-10-20(16-22(21)34-3)24-23(25(31)19-8-6-18(2)7-9-19)26(32)27(33)30(24)14-5-13-29-15-12-28-17-29/h6-12,15-17,24,31H,4-5,13-14H2,1-3H3/b25-23+/t24-/m1/s1. The number of amides is 1. The maximum Gasteiger partial charge on any atom is 0.295 e. The van der Waals surface area contributed by atoms with Crippen molar-refractivity contribution >= 4 is 17.4 Å². The number of aliphatic hydroxyl groups excluding tert-OH is 1. The van der Waals surface area contributed by atoms with Gasteiger partial charge in [-0.05, 0) is 38.0 Å². The lowest BCUT2D eigenvalue weighted by Crippen LogP contribution is -2.31. The number of carbonyl (C=O) groups is 2. The number of likely N-dealkylation sites (tertiary alicyclic amines) is 1. The summed E-state index contributed by atoms with van der Waals surface area (Å²) in [7, 11) is 1.54. The van der Waals surface area contributed by atoms with Gasteiger partial charge in [-0.1, -0.05) is 35.9 Å². The van der Waals surface area contributed by atoms with Gasteiger partial charge in [0.15, 0.2) is 11.5 Å². The summed E-state index contributed by atoms with van der Waals surface area (Å²) in [5, 5.41) is 11.2. The van der Waals surface area contributed by atoms with Gasteiger partial charge >= 0.3 is 0 Å². The molecule has 1 fully saturated rings. The molecule has 35 heavy (non-hydrogen) atoms. The molecule has 0 radical (unpaired) electrons. The van der Waals surface area contributed by atoms with Gasteiger partial charge in [-0.3, -0.25) is 9.59 Å². The molecule has 182 valence electrons. The fourth-order valence-corrected chi connectivity index (χ4v) is 4.30. The molecule has 4 rings (SSSR count). The minimum Gasteiger partial charge on any atom is -0.507 e. The number of rotatable bonds is 9. The van der Waals surface area contributed by atoms with E-state index in [1.54, 1.807) is 42.9 Å². The van der Waals surface area contributed by atoms with Crippen LogP contribution in [0.4, 0.5) is 0 Å². The van der Waals surface area contributed by atoms with Gasteiger partial charge in [0.05, 0.1) is 31.7 Å². The average Bonchev–Trinajstić information content (AvgIpc) is 3.47. The van der Waals surface area contributed by atoms with Crippen LogP contribution in [0.15, 0.2) is 66.8 Å². The predicted octanol–water partition coefficient (Wildman–Crippen LogP) is 4.11. The molecule has 0 bridgehead atoms. The zero-order chi connectivity index (χ0) is 24.9. The van der Waals surface area contributed by atoms with Crippen LogP contribution in [0.25, 0.3) is 5.76 Å². The van der Waals surface area contributed by atoms with E-state index in [1.807, 2.05) is 36.7 Å². The lowest BCUT2D eigenvalue weighted by atomic mass is 9.94. The van der Waals surface area contributed by atoms with E-state index < -0.39 is 17.7 Å². The van der Waals surface area contributed by atoms with E-state index in [0.29, 0.717) is 48.7 Å². The number of nitrogens with zero attached hydrogens (tertiary/aromatic N) is 3. The molecular weight excluding hydrogens is 446 g/mol. The van der Waals surface area contributed by atoms with Gasteiger partial charge in [0.2, 0.25) is 0 Å². The molecule has 1 amide bonds. The first-order valence-corrected chi connectivity index (χ1v) is 11.6. The second-order valence-corrected chi connectivity index (χ2v) is 8.36. The molecule has 0 unspecified atom stereocenters. The van der Waals surface area contributed by atoms with Crippen LogP contribution in [0.5, 0.6) is 11.5 Å². The van der Waals surface area contributed by atoms with Gasteiger partial charge in [0.1, 0.15) is 5.76 Å². The second-order valence-electron chi connectivity index (χ2n) is 8.36. The summed E-state index contributed by atoms with van der Waals surface area (Å²) in [6.07, 6.45) is 5.86. The van der Waals surface area contributed by atoms with Crippen LogP contribution >= 0.6 is 0 Å². The first kappa shape index (κ1) is 24.1. The summed E-state index contributed by atoms with van der Waals surface area (Å²) in [4.78, 5) is 31.9. The number of aryl methyl sites for hydroxylation is 2. The van der Waals surface area contributed by atoms with Crippen molar-refractivity contribution in [2.24, 2.45) is 0 Å². The van der Waals surface area contributed by atoms with Crippen molar-refractivity contribution in [1.82, 2.24) is 14.5 Å². The quantitative estimate of drug-likeness (QED) is 0.284. The van der Waals surface area contributed by atoms with Crippen LogP contribution in [-0.2, 0) is 16.1 Å². The van der Waals surface area contributed by atoms with E-state index in [9.17, 15) is 14.7 Å². The maximum atomic E-state index is 13.2. The molecule has 1 saturated heterocycles. The topological polar surface area (TPSA) is 93.9 Å². The molecule has 1 aliphatic rings. The van der Waals surface area contributed by atoms with E-state index in [-0.39, 0.29) is 11.3 Å². The highest BCUT2D eigenvalue weighted by atomic mass is 16.5. The molecular formula is C27H29N3O5. The van der Waals surface area contributed by atoms with Gasteiger partial charge in [0, 0.05) is 31.0 Å². The number of Topliss-reactive ketones (excluding diaryl/α,β-unsaturated/α-hetero) is 1. The Kier molecular flexibility index (Phi) is 7.19. The zero-order valence-electron chi connectivity index (χ0n) is 20.1. The summed E-state index contributed by atoms with van der Waals surface area (Å²) >= 11 is 0. The molecule has 8 heteroatoms. The Balaban J connectivity index is 1.77. The number of hydrogen-bond acceptors (Lipinski definition) is 6. The lowest BCUT2D eigenvalue weighted by molar-refractivity contribution is -0.139. The van der Waals surface area contributed by atoms with E-state index >= 15 is 0 Å². The number of aromatic nitrogens is 2. The Morgan fingerprint density at radius 1 is 1.09 bits per heavy atom. The van der Waals surface area contributed by atoms with Gasteiger partial charge < -0.3 is 24.0 Å². The third-order valence-corrected chi connectivity index (χ3v) is 6.04. The number of carbonyl (C=O) groups excluding carboxylic acids is 2. The van der Waals surface area contributed by atoms with E-state index in [0.717, 1.165) is 5.56 Å². The number of ether oxygens (including phenoxy) is 2. The number of hydrogen-bond donors (Lipinski definition) is 1. The molecule has 2 heterocycles. The Labute approximate surface area is 204 Å². The van der Waals surface area contributed by atoms with Crippen molar-refractivity contribution in [3.8, 4) is 11.5 Å². The molecule has 1 aromatic heterocycles. The Morgan fingerprint density at radius 2 is 1.86 bits per heavy atom. The van der Waals surface area contributed by atoms with Crippen molar-refractivity contribution in [1.29, 1.82) is 0 Å². The highest BCUT2D eigenvalue weighted by Crippen LogP contribution is 2.42. The molecule has 1 N–H and O–H groups in total. The van der Waals surface area contributed by atoms with E-state index in [4.69, 9.17) is 9.47 Å². The minimum atomic E-state index is -0.760. The minimum absolute atomic E-state index is 0.0627. The SMILES string of the molecule is CCOc1ccc([C@@H]2/C(=C(\O)c3ccc(C)cc3)C(=O)C(=O)N2CCCn2ccnc2)cc1OC. The predicted molar refractivity (Wildman–Crippen MR) is 131 cm³/mol. The summed E-state index contributed by atoms with van der Waals surface area (Å²) in [5.74, 6) is -0.484. The van der Waals surface area contributed by atoms with Gasteiger partial charge in [-0.2, -0.15) is 0 Å². The van der Waals surface area contributed by atoms with Gasteiger partial charge in [-0.15, -0.1) is 0 Å². The summed E-state index contributed by atoms with van der Waals surface area (Å²) in [5.41, 5.74) is 2.22. The molecule has 1 aliphatic heterocycles. The molecule has 0 spiro atoms. The smallest absolute Gasteiger partial charge is 0.295 e. The monoisotopic (exact) mass is 475 g/mol. The number of methoxy groups -OCH3 is 1. The molecule has 8 nitrogen and oxygen atoms in total. The fourth-order valence-electron chi connectivity index (χ4n) is 4.30.